The van der Waals surface area contributed by atoms with Crippen LogP contribution in [0.4, 0.5) is 11.4 Å². The van der Waals surface area contributed by atoms with Gasteiger partial charge in [-0.05, 0) is 69.0 Å². The Kier molecular flexibility index (Phi) is 8.11. The molecule has 0 unspecified atom stereocenters. The standard InChI is InChI=1S/C26H30N2O4/c1-27(2)17-8-18-32-22-13-11-21(12-14-22)28(20-9-6-5-7-10-20)26(29)24-16-15-23(30-3)19-25(24)31-4/h5-7,9-16,19H,8,17-18H2,1-4H3. The van der Waals surface area contributed by atoms with Crippen molar-refractivity contribution < 1.29 is 19.0 Å². The Hall–Kier alpha value is -3.51. The number of amides is 1. The summed E-state index contributed by atoms with van der Waals surface area (Å²) >= 11 is 0. The van der Waals surface area contributed by atoms with E-state index < -0.39 is 0 Å². The van der Waals surface area contributed by atoms with Crippen molar-refractivity contribution in [1.82, 2.24) is 4.90 Å². The molecule has 0 atom stereocenters. The van der Waals surface area contributed by atoms with Crippen LogP contribution < -0.4 is 19.1 Å². The smallest absolute Gasteiger partial charge is 0.266 e. The van der Waals surface area contributed by atoms with Crippen LogP contribution in [0, 0.1) is 0 Å². The molecule has 0 heterocycles. The van der Waals surface area contributed by atoms with Crippen LogP contribution >= 0.6 is 0 Å². The van der Waals surface area contributed by atoms with Gasteiger partial charge in [-0.2, -0.15) is 0 Å². The minimum atomic E-state index is -0.199. The van der Waals surface area contributed by atoms with E-state index in [0.717, 1.165) is 30.1 Å². The average molecular weight is 435 g/mol. The molecule has 0 saturated carbocycles. The molecular formula is C26H30N2O4. The number of nitrogens with zero attached hydrogens (tertiary/aromatic N) is 2. The predicted molar refractivity (Wildman–Crippen MR) is 128 cm³/mol. The van der Waals surface area contributed by atoms with E-state index in [4.69, 9.17) is 14.2 Å². The van der Waals surface area contributed by atoms with Gasteiger partial charge in [-0.25, -0.2) is 0 Å². The number of methoxy groups -OCH3 is 2. The number of carbonyl (C=O) groups excluding carboxylic acids is 1. The maximum atomic E-state index is 13.7. The Morgan fingerprint density at radius 2 is 1.47 bits per heavy atom. The van der Waals surface area contributed by atoms with E-state index in [2.05, 4.69) is 4.90 Å². The number of benzene rings is 3. The van der Waals surface area contributed by atoms with Gasteiger partial charge in [-0.1, -0.05) is 18.2 Å². The monoisotopic (exact) mass is 434 g/mol. The molecule has 0 aromatic heterocycles. The Balaban J connectivity index is 1.88. The zero-order chi connectivity index (χ0) is 22.9. The van der Waals surface area contributed by atoms with Crippen molar-refractivity contribution in [3.63, 3.8) is 0 Å². The molecule has 0 aliphatic heterocycles. The maximum Gasteiger partial charge on any atom is 0.266 e. The van der Waals surface area contributed by atoms with Crippen LogP contribution in [-0.2, 0) is 0 Å². The summed E-state index contributed by atoms with van der Waals surface area (Å²) in [7, 11) is 7.21. The van der Waals surface area contributed by atoms with Gasteiger partial charge in [0.05, 0.1) is 26.4 Å². The highest BCUT2D eigenvalue weighted by atomic mass is 16.5. The van der Waals surface area contributed by atoms with E-state index in [0.29, 0.717) is 23.7 Å². The number of ether oxygens (including phenoxy) is 3. The lowest BCUT2D eigenvalue weighted by Gasteiger charge is -2.24. The summed E-state index contributed by atoms with van der Waals surface area (Å²) in [5, 5.41) is 0. The lowest BCUT2D eigenvalue weighted by atomic mass is 10.1. The Labute approximate surface area is 189 Å². The van der Waals surface area contributed by atoms with Crippen molar-refractivity contribution in [2.45, 2.75) is 6.42 Å². The lowest BCUT2D eigenvalue weighted by molar-refractivity contribution is 0.0996. The number of hydrogen-bond donors (Lipinski definition) is 0. The van der Waals surface area contributed by atoms with Crippen LogP contribution in [-0.4, -0.2) is 52.3 Å². The van der Waals surface area contributed by atoms with Gasteiger partial charge in [-0.15, -0.1) is 0 Å². The van der Waals surface area contributed by atoms with E-state index in [-0.39, 0.29) is 5.91 Å². The molecule has 3 aromatic rings. The molecule has 0 radical (unpaired) electrons. The first-order chi connectivity index (χ1) is 15.5. The number of carbonyl (C=O) groups is 1. The fourth-order valence-corrected chi connectivity index (χ4v) is 3.32. The normalized spacial score (nSPS) is 10.7. The first kappa shape index (κ1) is 23.2. The summed E-state index contributed by atoms with van der Waals surface area (Å²) in [4.78, 5) is 17.4. The summed E-state index contributed by atoms with van der Waals surface area (Å²) < 4.78 is 16.6. The zero-order valence-corrected chi connectivity index (χ0v) is 19.1. The highest BCUT2D eigenvalue weighted by Crippen LogP contribution is 2.32. The zero-order valence-electron chi connectivity index (χ0n) is 19.1. The highest BCUT2D eigenvalue weighted by Gasteiger charge is 2.23. The molecule has 0 aliphatic rings. The summed E-state index contributed by atoms with van der Waals surface area (Å²) in [5.74, 6) is 1.65. The second kappa shape index (κ2) is 11.2. The third-order valence-electron chi connectivity index (χ3n) is 4.97. The highest BCUT2D eigenvalue weighted by molar-refractivity contribution is 6.12. The SMILES string of the molecule is COc1ccc(C(=O)N(c2ccccc2)c2ccc(OCCCN(C)C)cc2)c(OC)c1. The van der Waals surface area contributed by atoms with Crippen LogP contribution in [0.15, 0.2) is 72.8 Å². The third kappa shape index (κ3) is 5.80. The minimum absolute atomic E-state index is 0.199. The molecule has 6 nitrogen and oxygen atoms in total. The molecule has 3 aromatic carbocycles. The van der Waals surface area contributed by atoms with Crippen molar-refractivity contribution in [3.8, 4) is 17.2 Å². The van der Waals surface area contributed by atoms with Gasteiger partial charge in [0.25, 0.3) is 5.91 Å². The summed E-state index contributed by atoms with van der Waals surface area (Å²) in [6, 6.07) is 22.3. The largest absolute Gasteiger partial charge is 0.497 e. The summed E-state index contributed by atoms with van der Waals surface area (Å²) in [6.45, 7) is 1.61. The van der Waals surface area contributed by atoms with Crippen molar-refractivity contribution in [1.29, 1.82) is 0 Å². The maximum absolute atomic E-state index is 13.7. The molecule has 32 heavy (non-hydrogen) atoms. The van der Waals surface area contributed by atoms with Crippen LogP contribution in [0.2, 0.25) is 0 Å². The molecule has 0 N–H and O–H groups in total. The van der Waals surface area contributed by atoms with E-state index in [9.17, 15) is 4.79 Å². The fourth-order valence-electron chi connectivity index (χ4n) is 3.32. The Morgan fingerprint density at radius 1 is 0.812 bits per heavy atom. The molecule has 0 spiro atoms. The van der Waals surface area contributed by atoms with E-state index >= 15 is 0 Å². The first-order valence-corrected chi connectivity index (χ1v) is 10.5. The van der Waals surface area contributed by atoms with E-state index in [1.807, 2.05) is 68.7 Å². The van der Waals surface area contributed by atoms with E-state index in [1.54, 1.807) is 37.3 Å². The minimum Gasteiger partial charge on any atom is -0.497 e. The molecule has 3 rings (SSSR count). The van der Waals surface area contributed by atoms with Crippen LogP contribution in [0.1, 0.15) is 16.8 Å². The van der Waals surface area contributed by atoms with E-state index in [1.165, 1.54) is 0 Å². The third-order valence-corrected chi connectivity index (χ3v) is 4.97. The molecule has 6 heteroatoms. The van der Waals surface area contributed by atoms with Crippen molar-refractivity contribution in [3.05, 3.63) is 78.4 Å². The topological polar surface area (TPSA) is 51.2 Å². The van der Waals surface area contributed by atoms with Gasteiger partial charge in [-0.3, -0.25) is 9.69 Å². The number of anilines is 2. The second-order valence-electron chi connectivity index (χ2n) is 7.54. The summed E-state index contributed by atoms with van der Waals surface area (Å²) in [6.07, 6.45) is 0.945. The van der Waals surface area contributed by atoms with Crippen LogP contribution in [0.3, 0.4) is 0 Å². The van der Waals surface area contributed by atoms with Crippen LogP contribution in [0.5, 0.6) is 17.2 Å². The van der Waals surface area contributed by atoms with Gasteiger partial charge < -0.3 is 19.1 Å². The molecule has 0 bridgehead atoms. The lowest BCUT2D eigenvalue weighted by Crippen LogP contribution is -2.26. The molecule has 0 saturated heterocycles. The van der Waals surface area contributed by atoms with Crippen molar-refractivity contribution in [2.75, 3.05) is 46.4 Å². The molecular weight excluding hydrogens is 404 g/mol. The van der Waals surface area contributed by atoms with Gasteiger partial charge in [0, 0.05) is 24.0 Å². The Morgan fingerprint density at radius 3 is 2.09 bits per heavy atom. The number of rotatable bonds is 10. The molecule has 1 amide bonds. The number of para-hydroxylation sites is 1. The number of hydrogen-bond acceptors (Lipinski definition) is 5. The van der Waals surface area contributed by atoms with Crippen LogP contribution in [0.25, 0.3) is 0 Å². The van der Waals surface area contributed by atoms with Gasteiger partial charge >= 0.3 is 0 Å². The molecule has 168 valence electrons. The second-order valence-corrected chi connectivity index (χ2v) is 7.54. The molecule has 0 fully saturated rings. The Bertz CT molecular complexity index is 1000. The quantitative estimate of drug-likeness (QED) is 0.420. The fraction of sp³-hybridized carbons (Fsp3) is 0.269. The summed E-state index contributed by atoms with van der Waals surface area (Å²) in [5.41, 5.74) is 1.94. The van der Waals surface area contributed by atoms with Gasteiger partial charge in [0.2, 0.25) is 0 Å². The van der Waals surface area contributed by atoms with Gasteiger partial charge in [0.15, 0.2) is 0 Å². The van der Waals surface area contributed by atoms with Crippen molar-refractivity contribution in [2.24, 2.45) is 0 Å². The van der Waals surface area contributed by atoms with Gasteiger partial charge in [0.1, 0.15) is 17.2 Å². The first-order valence-electron chi connectivity index (χ1n) is 10.5. The molecule has 0 aliphatic carbocycles. The predicted octanol–water partition coefficient (Wildman–Crippen LogP) is 5.01. The average Bonchev–Trinajstić information content (AvgIpc) is 2.83. The van der Waals surface area contributed by atoms with Crippen molar-refractivity contribution >= 4 is 17.3 Å².